The number of aromatic nitrogens is 1. The molecule has 7 heteroatoms. The topological polar surface area (TPSA) is 83.0 Å². The highest BCUT2D eigenvalue weighted by Crippen LogP contribution is 2.41. The number of carbonyl (C=O) groups is 2. The molecule has 1 unspecified atom stereocenters. The van der Waals surface area contributed by atoms with Crippen molar-refractivity contribution in [2.45, 2.75) is 19.0 Å². The molecule has 0 saturated carbocycles. The van der Waals surface area contributed by atoms with Crippen molar-refractivity contribution in [3.05, 3.63) is 94.8 Å². The number of nitrogens with zero attached hydrogens (tertiary/aromatic N) is 3. The molecule has 7 nitrogen and oxygen atoms in total. The molecule has 1 saturated heterocycles. The third-order valence-corrected chi connectivity index (χ3v) is 6.29. The molecule has 0 spiro atoms. The standard InChI is InChI=1S/C27H25N3O4/c1-29(2)21-9-6-17(7-10-21)24-23(25(31)19-8-11-22-18(15-19)12-14-34-22)26(32)27(33)30(24)16-20-5-3-4-13-28-20/h3-11,13,15,24,31H,12,14,16H2,1-2H3/b25-23-. The first-order valence-corrected chi connectivity index (χ1v) is 11.2. The number of amides is 1. The van der Waals surface area contributed by atoms with Gasteiger partial charge in [-0.1, -0.05) is 18.2 Å². The van der Waals surface area contributed by atoms with Crippen LogP contribution in [0.25, 0.3) is 5.76 Å². The van der Waals surface area contributed by atoms with Crippen LogP contribution >= 0.6 is 0 Å². The molecule has 3 heterocycles. The number of benzene rings is 2. The summed E-state index contributed by atoms with van der Waals surface area (Å²) in [6, 6.07) is 17.7. The summed E-state index contributed by atoms with van der Waals surface area (Å²) in [4.78, 5) is 34.2. The first-order valence-electron chi connectivity index (χ1n) is 11.2. The maximum atomic E-state index is 13.3. The zero-order valence-corrected chi connectivity index (χ0v) is 19.1. The van der Waals surface area contributed by atoms with Crippen molar-refractivity contribution in [1.29, 1.82) is 0 Å². The Morgan fingerprint density at radius 3 is 2.62 bits per heavy atom. The summed E-state index contributed by atoms with van der Waals surface area (Å²) in [5, 5.41) is 11.3. The molecular weight excluding hydrogens is 430 g/mol. The highest BCUT2D eigenvalue weighted by atomic mass is 16.5. The minimum absolute atomic E-state index is 0.0809. The van der Waals surface area contributed by atoms with Crippen LogP contribution in [0.3, 0.4) is 0 Å². The number of fused-ring (bicyclic) bond motifs is 1. The zero-order chi connectivity index (χ0) is 23.8. The summed E-state index contributed by atoms with van der Waals surface area (Å²) in [6.07, 6.45) is 2.39. The summed E-state index contributed by atoms with van der Waals surface area (Å²) < 4.78 is 5.56. The SMILES string of the molecule is CN(C)c1ccc(C2/C(=C(/O)c3ccc4c(c3)CCO4)C(=O)C(=O)N2Cc2ccccn2)cc1. The fourth-order valence-corrected chi connectivity index (χ4v) is 4.50. The van der Waals surface area contributed by atoms with Gasteiger partial charge in [0.1, 0.15) is 11.5 Å². The van der Waals surface area contributed by atoms with E-state index in [1.807, 2.05) is 61.5 Å². The van der Waals surface area contributed by atoms with E-state index in [0.29, 0.717) is 17.9 Å². The average molecular weight is 456 g/mol. The van der Waals surface area contributed by atoms with E-state index < -0.39 is 17.7 Å². The van der Waals surface area contributed by atoms with E-state index in [1.165, 1.54) is 4.90 Å². The second kappa shape index (κ2) is 8.67. The first-order chi connectivity index (χ1) is 16.4. The van der Waals surface area contributed by atoms with Crippen LogP contribution in [0.2, 0.25) is 0 Å². The van der Waals surface area contributed by atoms with Gasteiger partial charge in [0.25, 0.3) is 11.7 Å². The highest BCUT2D eigenvalue weighted by molar-refractivity contribution is 6.46. The number of aliphatic hydroxyl groups is 1. The number of rotatable bonds is 5. The smallest absolute Gasteiger partial charge is 0.296 e. The van der Waals surface area contributed by atoms with Crippen LogP contribution in [0, 0.1) is 0 Å². The number of carbonyl (C=O) groups excluding carboxylic acids is 2. The molecule has 2 aromatic carbocycles. The number of aliphatic hydroxyl groups excluding tert-OH is 1. The van der Waals surface area contributed by atoms with Gasteiger partial charge < -0.3 is 19.6 Å². The molecule has 0 bridgehead atoms. The Labute approximate surface area is 197 Å². The normalized spacial score (nSPS) is 18.6. The van der Waals surface area contributed by atoms with Crippen molar-refractivity contribution in [1.82, 2.24) is 9.88 Å². The Kier molecular flexibility index (Phi) is 5.53. The van der Waals surface area contributed by atoms with Gasteiger partial charge in [0.15, 0.2) is 0 Å². The summed E-state index contributed by atoms with van der Waals surface area (Å²) in [5.74, 6) is -0.758. The van der Waals surface area contributed by atoms with E-state index in [9.17, 15) is 14.7 Å². The predicted molar refractivity (Wildman–Crippen MR) is 128 cm³/mol. The third kappa shape index (κ3) is 3.79. The maximum Gasteiger partial charge on any atom is 0.296 e. The number of hydrogen-bond acceptors (Lipinski definition) is 6. The van der Waals surface area contributed by atoms with Gasteiger partial charge in [0, 0.05) is 38.0 Å². The Hall–Kier alpha value is -4.13. The van der Waals surface area contributed by atoms with Gasteiger partial charge in [-0.25, -0.2) is 0 Å². The molecule has 34 heavy (non-hydrogen) atoms. The van der Waals surface area contributed by atoms with E-state index in [0.717, 1.165) is 29.0 Å². The lowest BCUT2D eigenvalue weighted by Gasteiger charge is -2.25. The second-order valence-corrected chi connectivity index (χ2v) is 8.65. The lowest BCUT2D eigenvalue weighted by molar-refractivity contribution is -0.140. The Balaban J connectivity index is 1.63. The van der Waals surface area contributed by atoms with Crippen LogP contribution < -0.4 is 9.64 Å². The predicted octanol–water partition coefficient (Wildman–Crippen LogP) is 3.70. The minimum Gasteiger partial charge on any atom is -0.507 e. The van der Waals surface area contributed by atoms with E-state index >= 15 is 0 Å². The summed E-state index contributed by atoms with van der Waals surface area (Å²) >= 11 is 0. The highest BCUT2D eigenvalue weighted by Gasteiger charge is 2.46. The molecule has 1 aromatic heterocycles. The molecule has 1 fully saturated rings. The van der Waals surface area contributed by atoms with Crippen LogP contribution in [0.5, 0.6) is 5.75 Å². The van der Waals surface area contributed by atoms with Crippen LogP contribution in [0.4, 0.5) is 5.69 Å². The maximum absolute atomic E-state index is 13.3. The lowest BCUT2D eigenvalue weighted by atomic mass is 9.94. The fourth-order valence-electron chi connectivity index (χ4n) is 4.50. The van der Waals surface area contributed by atoms with Gasteiger partial charge in [-0.2, -0.15) is 0 Å². The summed E-state index contributed by atoms with van der Waals surface area (Å²) in [7, 11) is 3.89. The third-order valence-electron chi connectivity index (χ3n) is 6.29. The molecule has 0 radical (unpaired) electrons. The second-order valence-electron chi connectivity index (χ2n) is 8.65. The van der Waals surface area contributed by atoms with E-state index in [1.54, 1.807) is 24.4 Å². The van der Waals surface area contributed by atoms with Crippen molar-refractivity contribution in [2.24, 2.45) is 0 Å². The van der Waals surface area contributed by atoms with Crippen molar-refractivity contribution < 1.29 is 19.4 Å². The lowest BCUT2D eigenvalue weighted by Crippen LogP contribution is -2.29. The van der Waals surface area contributed by atoms with Crippen LogP contribution in [0.1, 0.15) is 28.4 Å². The van der Waals surface area contributed by atoms with E-state index in [-0.39, 0.29) is 17.9 Å². The minimum atomic E-state index is -0.734. The van der Waals surface area contributed by atoms with Crippen molar-refractivity contribution in [2.75, 3.05) is 25.6 Å². The van der Waals surface area contributed by atoms with Crippen LogP contribution in [-0.4, -0.2) is 47.4 Å². The molecule has 1 atom stereocenters. The number of Topliss-reactive ketones (excluding diaryl/α,β-unsaturated/α-hetero) is 1. The molecule has 2 aliphatic heterocycles. The molecule has 2 aliphatic rings. The van der Waals surface area contributed by atoms with Crippen LogP contribution in [0.15, 0.2) is 72.4 Å². The van der Waals surface area contributed by atoms with Gasteiger partial charge in [-0.05, 0) is 53.6 Å². The summed E-state index contributed by atoms with van der Waals surface area (Å²) in [5.41, 5.74) is 3.94. The van der Waals surface area contributed by atoms with E-state index in [2.05, 4.69) is 4.98 Å². The zero-order valence-electron chi connectivity index (χ0n) is 19.1. The fraction of sp³-hybridized carbons (Fsp3) is 0.222. The number of ether oxygens (including phenoxy) is 1. The Morgan fingerprint density at radius 1 is 1.12 bits per heavy atom. The van der Waals surface area contributed by atoms with Gasteiger partial charge in [0.2, 0.25) is 0 Å². The number of likely N-dealkylation sites (tertiary alicyclic amines) is 1. The number of ketones is 1. The molecule has 5 rings (SSSR count). The first kappa shape index (κ1) is 21.7. The molecule has 3 aromatic rings. The van der Waals surface area contributed by atoms with Crippen molar-refractivity contribution in [3.8, 4) is 5.75 Å². The quantitative estimate of drug-likeness (QED) is 0.359. The Bertz CT molecular complexity index is 1280. The molecule has 1 amide bonds. The largest absolute Gasteiger partial charge is 0.507 e. The van der Waals surface area contributed by atoms with Crippen molar-refractivity contribution >= 4 is 23.1 Å². The monoisotopic (exact) mass is 455 g/mol. The Morgan fingerprint density at radius 2 is 1.91 bits per heavy atom. The molecule has 1 N–H and O–H groups in total. The van der Waals surface area contributed by atoms with Crippen LogP contribution in [-0.2, 0) is 22.6 Å². The van der Waals surface area contributed by atoms with Gasteiger partial charge in [-0.3, -0.25) is 14.6 Å². The van der Waals surface area contributed by atoms with E-state index in [4.69, 9.17) is 4.74 Å². The molecule has 0 aliphatic carbocycles. The number of pyridine rings is 1. The molecule has 172 valence electrons. The average Bonchev–Trinajstić information content (AvgIpc) is 3.42. The molecular formula is C27H25N3O4. The van der Waals surface area contributed by atoms with Crippen molar-refractivity contribution in [3.63, 3.8) is 0 Å². The van der Waals surface area contributed by atoms with Gasteiger partial charge >= 0.3 is 0 Å². The number of hydrogen-bond donors (Lipinski definition) is 1. The van der Waals surface area contributed by atoms with Gasteiger partial charge in [-0.15, -0.1) is 0 Å². The number of anilines is 1. The summed E-state index contributed by atoms with van der Waals surface area (Å²) in [6.45, 7) is 0.743. The van der Waals surface area contributed by atoms with Gasteiger partial charge in [0.05, 0.1) is 30.5 Å².